The number of esters is 1. The zero-order chi connectivity index (χ0) is 29.2. The van der Waals surface area contributed by atoms with Crippen LogP contribution >= 0.6 is 27.3 Å². The number of rotatable bonds is 7. The second kappa shape index (κ2) is 11.8. The second-order valence-electron chi connectivity index (χ2n) is 9.42. The molecule has 0 N–H and O–H groups in total. The molecule has 0 aliphatic carbocycles. The van der Waals surface area contributed by atoms with Gasteiger partial charge in [0.25, 0.3) is 5.56 Å². The van der Waals surface area contributed by atoms with Crippen LogP contribution in [0.1, 0.15) is 29.9 Å². The monoisotopic (exact) mass is 640 g/mol. The number of halogens is 1. The maximum Gasteiger partial charge on any atom is 0.338 e. The summed E-state index contributed by atoms with van der Waals surface area (Å²) in [6, 6.07) is 27.5. The van der Waals surface area contributed by atoms with Crippen LogP contribution in [0.3, 0.4) is 0 Å². The van der Waals surface area contributed by atoms with Crippen LogP contribution in [0.4, 0.5) is 0 Å². The molecule has 1 aliphatic rings. The number of furan rings is 1. The summed E-state index contributed by atoms with van der Waals surface area (Å²) < 4.78 is 19.9. The third kappa shape index (κ3) is 5.29. The molecule has 1 aliphatic heterocycles. The van der Waals surface area contributed by atoms with Crippen LogP contribution in [0.15, 0.2) is 115 Å². The van der Waals surface area contributed by atoms with Gasteiger partial charge in [-0.2, -0.15) is 0 Å². The average molecular weight is 642 g/mol. The Balaban J connectivity index is 1.56. The van der Waals surface area contributed by atoms with E-state index in [9.17, 15) is 9.59 Å². The van der Waals surface area contributed by atoms with E-state index < -0.39 is 12.0 Å². The smallest absolute Gasteiger partial charge is 0.338 e. The molecule has 7 nitrogen and oxygen atoms in total. The molecular formula is C33H25BrN2O5S. The lowest BCUT2D eigenvalue weighted by atomic mass is 9.93. The Morgan fingerprint density at radius 1 is 1.02 bits per heavy atom. The molecule has 0 spiro atoms. The quantitative estimate of drug-likeness (QED) is 0.205. The summed E-state index contributed by atoms with van der Waals surface area (Å²) in [7, 11) is 1.59. The fourth-order valence-electron chi connectivity index (χ4n) is 4.90. The van der Waals surface area contributed by atoms with Crippen LogP contribution < -0.4 is 19.6 Å². The van der Waals surface area contributed by atoms with Gasteiger partial charge in [-0.05, 0) is 48.9 Å². The summed E-state index contributed by atoms with van der Waals surface area (Å²) in [4.78, 5) is 33.0. The van der Waals surface area contributed by atoms with Gasteiger partial charge in [0, 0.05) is 21.7 Å². The number of ether oxygens (including phenoxy) is 2. The average Bonchev–Trinajstić information content (AvgIpc) is 3.61. The molecule has 0 amide bonds. The van der Waals surface area contributed by atoms with Crippen molar-refractivity contribution in [3.05, 3.63) is 138 Å². The number of carbonyl (C=O) groups excluding carboxylic acids is 1. The summed E-state index contributed by atoms with van der Waals surface area (Å²) >= 11 is 4.74. The van der Waals surface area contributed by atoms with Crippen LogP contribution in [-0.2, 0) is 9.53 Å². The highest BCUT2D eigenvalue weighted by molar-refractivity contribution is 9.10. The lowest BCUT2D eigenvalue weighted by Gasteiger charge is -2.26. The lowest BCUT2D eigenvalue weighted by Crippen LogP contribution is -2.40. The minimum absolute atomic E-state index is 0.184. The molecule has 9 heteroatoms. The van der Waals surface area contributed by atoms with E-state index in [1.807, 2.05) is 91.0 Å². The van der Waals surface area contributed by atoms with Crippen molar-refractivity contribution in [3.63, 3.8) is 0 Å². The zero-order valence-corrected chi connectivity index (χ0v) is 25.1. The van der Waals surface area contributed by atoms with Gasteiger partial charge < -0.3 is 13.9 Å². The Hall–Kier alpha value is -4.47. The number of aromatic nitrogens is 1. The summed E-state index contributed by atoms with van der Waals surface area (Å²) in [5.41, 5.74) is 2.87. The molecule has 0 saturated heterocycles. The molecule has 2 aromatic heterocycles. The van der Waals surface area contributed by atoms with E-state index in [0.29, 0.717) is 37.9 Å². The van der Waals surface area contributed by atoms with Gasteiger partial charge in [0.15, 0.2) is 4.80 Å². The molecule has 210 valence electrons. The largest absolute Gasteiger partial charge is 0.497 e. The Bertz CT molecular complexity index is 1990. The fraction of sp³-hybridized carbons (Fsp3) is 0.121. The van der Waals surface area contributed by atoms with Crippen molar-refractivity contribution in [2.45, 2.75) is 13.0 Å². The van der Waals surface area contributed by atoms with E-state index >= 15 is 0 Å². The number of methoxy groups -OCH3 is 1. The molecule has 0 bridgehead atoms. The molecule has 3 heterocycles. The topological polar surface area (TPSA) is 83.0 Å². The highest BCUT2D eigenvalue weighted by Crippen LogP contribution is 2.35. The molecule has 5 aromatic rings. The molecule has 6 rings (SSSR count). The van der Waals surface area contributed by atoms with Crippen LogP contribution in [0.25, 0.3) is 23.1 Å². The Kier molecular flexibility index (Phi) is 7.78. The molecule has 0 saturated carbocycles. The van der Waals surface area contributed by atoms with E-state index in [4.69, 9.17) is 18.9 Å². The highest BCUT2D eigenvalue weighted by Gasteiger charge is 2.35. The number of carbonyl (C=O) groups is 1. The molecule has 1 atom stereocenters. The van der Waals surface area contributed by atoms with Crippen LogP contribution in [0.2, 0.25) is 0 Å². The first kappa shape index (κ1) is 27.7. The third-order valence-electron chi connectivity index (χ3n) is 6.81. The van der Waals surface area contributed by atoms with Crippen LogP contribution in [0, 0.1) is 0 Å². The van der Waals surface area contributed by atoms with Gasteiger partial charge in [-0.1, -0.05) is 81.9 Å². The Morgan fingerprint density at radius 3 is 2.50 bits per heavy atom. The van der Waals surface area contributed by atoms with Crippen LogP contribution in [0.5, 0.6) is 5.75 Å². The van der Waals surface area contributed by atoms with Crippen molar-refractivity contribution in [1.29, 1.82) is 0 Å². The minimum atomic E-state index is -0.766. The first-order valence-corrected chi connectivity index (χ1v) is 14.9. The number of hydrogen-bond donors (Lipinski definition) is 0. The SMILES string of the molecule is CCOC(=O)C1=C(c2ccccc2)N=c2s/c(=C\c3ccc(-c4cccc(Br)c4)o3)c(=O)n2[C@@H]1c1ccc(OC)cc1. The normalized spacial score (nSPS) is 14.8. The molecule has 42 heavy (non-hydrogen) atoms. The molecular weight excluding hydrogens is 616 g/mol. The van der Waals surface area contributed by atoms with Crippen LogP contribution in [-0.4, -0.2) is 24.3 Å². The van der Waals surface area contributed by atoms with Crippen molar-refractivity contribution in [3.8, 4) is 17.1 Å². The molecule has 0 fully saturated rings. The summed E-state index contributed by atoms with van der Waals surface area (Å²) in [5, 5.41) is 0. The van der Waals surface area contributed by atoms with E-state index in [0.717, 1.165) is 21.2 Å². The Morgan fingerprint density at radius 2 is 1.79 bits per heavy atom. The summed E-state index contributed by atoms with van der Waals surface area (Å²) in [6.07, 6.45) is 1.71. The van der Waals surface area contributed by atoms with Crippen molar-refractivity contribution in [2.24, 2.45) is 4.99 Å². The van der Waals surface area contributed by atoms with E-state index in [2.05, 4.69) is 15.9 Å². The molecule has 0 radical (unpaired) electrons. The molecule has 3 aromatic carbocycles. The first-order chi connectivity index (χ1) is 20.5. The minimum Gasteiger partial charge on any atom is -0.497 e. The first-order valence-electron chi connectivity index (χ1n) is 13.2. The number of thiazole rings is 1. The fourth-order valence-corrected chi connectivity index (χ4v) is 6.28. The number of nitrogens with zero attached hydrogens (tertiary/aromatic N) is 2. The van der Waals surface area contributed by atoms with Gasteiger partial charge in [-0.3, -0.25) is 9.36 Å². The highest BCUT2D eigenvalue weighted by atomic mass is 79.9. The van der Waals surface area contributed by atoms with Crippen molar-refractivity contribution in [1.82, 2.24) is 4.57 Å². The summed E-state index contributed by atoms with van der Waals surface area (Å²) in [6.45, 7) is 1.94. The number of hydrogen-bond acceptors (Lipinski definition) is 7. The van der Waals surface area contributed by atoms with Crippen molar-refractivity contribution >= 4 is 45.0 Å². The van der Waals surface area contributed by atoms with Gasteiger partial charge in [-0.15, -0.1) is 0 Å². The van der Waals surface area contributed by atoms with E-state index in [1.54, 1.807) is 24.7 Å². The predicted molar refractivity (Wildman–Crippen MR) is 166 cm³/mol. The van der Waals surface area contributed by atoms with Crippen molar-refractivity contribution in [2.75, 3.05) is 13.7 Å². The lowest BCUT2D eigenvalue weighted by molar-refractivity contribution is -0.138. The standard InChI is InChI=1S/C33H25BrN2O5S/c1-3-40-32(38)28-29(20-8-5-4-6-9-20)35-33-36(30(28)21-12-14-24(39-2)15-13-21)31(37)27(42-33)19-25-16-17-26(41-25)22-10-7-11-23(34)18-22/h4-19,30H,3H2,1-2H3/b27-19-/t30-/m1/s1. The molecule has 0 unspecified atom stereocenters. The van der Waals surface area contributed by atoms with E-state index in [1.165, 1.54) is 11.3 Å². The third-order valence-corrected chi connectivity index (χ3v) is 8.29. The van der Waals surface area contributed by atoms with Gasteiger partial charge in [0.2, 0.25) is 0 Å². The van der Waals surface area contributed by atoms with Crippen molar-refractivity contribution < 1.29 is 18.7 Å². The maximum absolute atomic E-state index is 14.1. The maximum atomic E-state index is 14.1. The zero-order valence-electron chi connectivity index (χ0n) is 22.7. The van der Waals surface area contributed by atoms with Gasteiger partial charge in [0.05, 0.1) is 35.6 Å². The Labute approximate surface area is 253 Å². The van der Waals surface area contributed by atoms with E-state index in [-0.39, 0.29) is 12.2 Å². The van der Waals surface area contributed by atoms with Gasteiger partial charge in [-0.25, -0.2) is 9.79 Å². The predicted octanol–water partition coefficient (Wildman–Crippen LogP) is 5.97. The van der Waals surface area contributed by atoms with Gasteiger partial charge in [0.1, 0.15) is 17.3 Å². The number of benzene rings is 3. The summed E-state index contributed by atoms with van der Waals surface area (Å²) in [5.74, 6) is 1.35. The number of fused-ring (bicyclic) bond motifs is 1. The second-order valence-corrected chi connectivity index (χ2v) is 11.3. The van der Waals surface area contributed by atoms with Gasteiger partial charge >= 0.3 is 5.97 Å².